The molecule has 3 amide bonds. The number of fused-ring (bicyclic) bond motifs is 1. The molecule has 1 N–H and O–H groups in total. The van der Waals surface area contributed by atoms with Gasteiger partial charge in [0.25, 0.3) is 0 Å². The summed E-state index contributed by atoms with van der Waals surface area (Å²) in [6.07, 6.45) is 0.271. The minimum Gasteiger partial charge on any atom is -0.493 e. The molecule has 1 aliphatic heterocycles. The number of anilines is 1. The number of carbonyl (C=O) groups excluding carboxylic acids is 2. The molecule has 1 heterocycles. The lowest BCUT2D eigenvalue weighted by atomic mass is 9.99. The van der Waals surface area contributed by atoms with Gasteiger partial charge in [-0.1, -0.05) is 56.3 Å². The molecule has 0 spiro atoms. The largest absolute Gasteiger partial charge is 0.493 e. The second kappa shape index (κ2) is 10.7. The van der Waals surface area contributed by atoms with Crippen LogP contribution in [-0.4, -0.2) is 61.6 Å². The molecule has 3 aromatic rings. The maximum atomic E-state index is 13.3. The van der Waals surface area contributed by atoms with Crippen molar-refractivity contribution in [3.8, 4) is 11.5 Å². The van der Waals surface area contributed by atoms with Crippen molar-refractivity contribution in [3.63, 3.8) is 0 Å². The third kappa shape index (κ3) is 5.34. The SMILES string of the molecule is COc1ccc(CC(=O)N2CCN(C(=O)Nc3cccc4ccccc34)C(C(C)C)C2)cc1OC. The molecular formula is C28H33N3O4. The van der Waals surface area contributed by atoms with Crippen molar-refractivity contribution in [1.82, 2.24) is 9.80 Å². The van der Waals surface area contributed by atoms with Crippen LogP contribution >= 0.6 is 0 Å². The van der Waals surface area contributed by atoms with E-state index in [0.717, 1.165) is 22.0 Å². The lowest BCUT2D eigenvalue weighted by Gasteiger charge is -2.43. The van der Waals surface area contributed by atoms with E-state index in [1.807, 2.05) is 70.5 Å². The maximum absolute atomic E-state index is 13.3. The number of amides is 3. The van der Waals surface area contributed by atoms with E-state index in [1.165, 1.54) is 0 Å². The number of rotatable bonds is 6. The van der Waals surface area contributed by atoms with E-state index in [1.54, 1.807) is 14.2 Å². The molecule has 0 saturated carbocycles. The molecular weight excluding hydrogens is 442 g/mol. The first kappa shape index (κ1) is 24.4. The van der Waals surface area contributed by atoms with Crippen molar-refractivity contribution < 1.29 is 19.1 Å². The van der Waals surface area contributed by atoms with Gasteiger partial charge in [-0.05, 0) is 35.1 Å². The van der Waals surface area contributed by atoms with Crippen LogP contribution in [0.25, 0.3) is 10.8 Å². The normalized spacial score (nSPS) is 15.9. The highest BCUT2D eigenvalue weighted by molar-refractivity contribution is 6.01. The first-order valence-electron chi connectivity index (χ1n) is 11.9. The van der Waals surface area contributed by atoms with E-state index < -0.39 is 0 Å². The van der Waals surface area contributed by atoms with E-state index in [-0.39, 0.29) is 30.3 Å². The molecule has 1 saturated heterocycles. The Morgan fingerprint density at radius 1 is 0.971 bits per heavy atom. The number of carbonyl (C=O) groups is 2. The van der Waals surface area contributed by atoms with Gasteiger partial charge in [0.1, 0.15) is 0 Å². The topological polar surface area (TPSA) is 71.1 Å². The molecule has 0 aliphatic carbocycles. The molecule has 1 atom stereocenters. The molecule has 1 aliphatic rings. The van der Waals surface area contributed by atoms with Gasteiger partial charge in [-0.25, -0.2) is 4.79 Å². The first-order chi connectivity index (χ1) is 16.9. The number of nitrogens with one attached hydrogen (secondary N) is 1. The average molecular weight is 476 g/mol. The fraction of sp³-hybridized carbons (Fsp3) is 0.357. The second-order valence-corrected chi connectivity index (χ2v) is 9.17. The Balaban J connectivity index is 1.45. The Labute approximate surface area is 206 Å². The molecule has 0 aromatic heterocycles. The molecule has 3 aromatic carbocycles. The fourth-order valence-electron chi connectivity index (χ4n) is 4.66. The van der Waals surface area contributed by atoms with E-state index >= 15 is 0 Å². The number of benzene rings is 3. The van der Waals surface area contributed by atoms with Crippen molar-refractivity contribution in [2.75, 3.05) is 39.2 Å². The van der Waals surface area contributed by atoms with Gasteiger partial charge in [0.15, 0.2) is 11.5 Å². The van der Waals surface area contributed by atoms with Crippen molar-refractivity contribution in [1.29, 1.82) is 0 Å². The predicted molar refractivity (Wildman–Crippen MR) is 138 cm³/mol. The van der Waals surface area contributed by atoms with Crippen LogP contribution in [-0.2, 0) is 11.2 Å². The number of hydrogen-bond donors (Lipinski definition) is 1. The van der Waals surface area contributed by atoms with Crippen LogP contribution in [0.3, 0.4) is 0 Å². The Bertz CT molecular complexity index is 1200. The number of nitrogens with zero attached hydrogens (tertiary/aromatic N) is 2. The summed E-state index contributed by atoms with van der Waals surface area (Å²) in [4.78, 5) is 30.2. The van der Waals surface area contributed by atoms with Crippen molar-refractivity contribution in [3.05, 3.63) is 66.2 Å². The van der Waals surface area contributed by atoms with Gasteiger partial charge in [0, 0.05) is 25.0 Å². The van der Waals surface area contributed by atoms with Gasteiger partial charge < -0.3 is 24.6 Å². The Morgan fingerprint density at radius 3 is 2.46 bits per heavy atom. The number of urea groups is 1. The smallest absolute Gasteiger partial charge is 0.322 e. The lowest BCUT2D eigenvalue weighted by molar-refractivity contribution is -0.133. The Kier molecular flexibility index (Phi) is 7.44. The summed E-state index contributed by atoms with van der Waals surface area (Å²) < 4.78 is 10.7. The third-order valence-electron chi connectivity index (χ3n) is 6.64. The quantitative estimate of drug-likeness (QED) is 0.556. The lowest BCUT2D eigenvalue weighted by Crippen LogP contribution is -2.59. The zero-order valence-electron chi connectivity index (χ0n) is 20.8. The molecule has 4 rings (SSSR count). The van der Waals surface area contributed by atoms with Crippen molar-refractivity contribution >= 4 is 28.4 Å². The zero-order valence-corrected chi connectivity index (χ0v) is 20.8. The van der Waals surface area contributed by atoms with E-state index in [9.17, 15) is 9.59 Å². The summed E-state index contributed by atoms with van der Waals surface area (Å²) >= 11 is 0. The monoisotopic (exact) mass is 475 g/mol. The summed E-state index contributed by atoms with van der Waals surface area (Å²) in [5.74, 6) is 1.48. The Morgan fingerprint density at radius 2 is 1.71 bits per heavy atom. The van der Waals surface area contributed by atoms with Crippen LogP contribution in [0, 0.1) is 5.92 Å². The summed E-state index contributed by atoms with van der Waals surface area (Å²) in [7, 11) is 3.17. The van der Waals surface area contributed by atoms with Gasteiger partial charge in [0.05, 0.1) is 32.4 Å². The minimum absolute atomic E-state index is 0.0389. The number of piperazine rings is 1. The van der Waals surface area contributed by atoms with Gasteiger partial charge in [-0.2, -0.15) is 0 Å². The highest BCUT2D eigenvalue weighted by atomic mass is 16.5. The summed E-state index contributed by atoms with van der Waals surface area (Å²) in [5.41, 5.74) is 1.66. The molecule has 0 bridgehead atoms. The highest BCUT2D eigenvalue weighted by Gasteiger charge is 2.34. The van der Waals surface area contributed by atoms with E-state index in [2.05, 4.69) is 19.2 Å². The maximum Gasteiger partial charge on any atom is 0.322 e. The molecule has 1 unspecified atom stereocenters. The highest BCUT2D eigenvalue weighted by Crippen LogP contribution is 2.28. The zero-order chi connectivity index (χ0) is 24.9. The van der Waals surface area contributed by atoms with Crippen LogP contribution in [0.1, 0.15) is 19.4 Å². The number of hydrogen-bond acceptors (Lipinski definition) is 4. The number of ether oxygens (including phenoxy) is 2. The van der Waals surface area contributed by atoms with Crippen LogP contribution < -0.4 is 14.8 Å². The van der Waals surface area contributed by atoms with Gasteiger partial charge >= 0.3 is 6.03 Å². The predicted octanol–water partition coefficient (Wildman–Crippen LogP) is 4.80. The molecule has 1 fully saturated rings. The number of methoxy groups -OCH3 is 2. The van der Waals surface area contributed by atoms with Gasteiger partial charge in [-0.15, -0.1) is 0 Å². The Hall–Kier alpha value is -3.74. The summed E-state index contributed by atoms with van der Waals surface area (Å²) in [6, 6.07) is 19.2. The molecule has 0 radical (unpaired) electrons. The molecule has 184 valence electrons. The van der Waals surface area contributed by atoms with Crippen LogP contribution in [0.5, 0.6) is 11.5 Å². The molecule has 7 heteroatoms. The summed E-state index contributed by atoms with van der Waals surface area (Å²) in [5, 5.41) is 5.19. The van der Waals surface area contributed by atoms with Gasteiger partial charge in [0.2, 0.25) is 5.91 Å². The average Bonchev–Trinajstić information content (AvgIpc) is 2.88. The van der Waals surface area contributed by atoms with Crippen LogP contribution in [0.15, 0.2) is 60.7 Å². The van der Waals surface area contributed by atoms with Crippen LogP contribution in [0.4, 0.5) is 10.5 Å². The van der Waals surface area contributed by atoms with Crippen molar-refractivity contribution in [2.24, 2.45) is 5.92 Å². The minimum atomic E-state index is -0.132. The third-order valence-corrected chi connectivity index (χ3v) is 6.64. The van der Waals surface area contributed by atoms with E-state index in [4.69, 9.17) is 9.47 Å². The van der Waals surface area contributed by atoms with Gasteiger partial charge in [-0.3, -0.25) is 4.79 Å². The van der Waals surface area contributed by atoms with Crippen molar-refractivity contribution in [2.45, 2.75) is 26.3 Å². The standard InChI is InChI=1S/C28H33N3O4/c1-19(2)24-18-30(27(32)17-20-12-13-25(34-3)26(16-20)35-4)14-15-31(24)28(33)29-23-11-7-9-21-8-5-6-10-22(21)23/h5-13,16,19,24H,14-15,17-18H2,1-4H3,(H,29,33). The van der Waals surface area contributed by atoms with Crippen LogP contribution in [0.2, 0.25) is 0 Å². The second-order valence-electron chi connectivity index (χ2n) is 9.17. The fourth-order valence-corrected chi connectivity index (χ4v) is 4.66. The van der Waals surface area contributed by atoms with E-state index in [0.29, 0.717) is 31.1 Å². The molecule has 7 nitrogen and oxygen atoms in total. The summed E-state index contributed by atoms with van der Waals surface area (Å²) in [6.45, 7) is 5.67. The first-order valence-corrected chi connectivity index (χ1v) is 11.9. The molecule has 35 heavy (non-hydrogen) atoms.